The Balaban J connectivity index is 1.65. The van der Waals surface area contributed by atoms with Gasteiger partial charge >= 0.3 is 0 Å². The maximum Gasteiger partial charge on any atom is 0.236 e. The fraction of sp³-hybridized carbons (Fsp3) is 0.310. The number of para-hydroxylation sites is 1. The Morgan fingerprint density at radius 3 is 2.58 bits per heavy atom. The molecular weight excluding hydrogens is 470 g/mol. The van der Waals surface area contributed by atoms with Gasteiger partial charge in [0, 0.05) is 16.9 Å². The highest BCUT2D eigenvalue weighted by Gasteiger charge is 2.59. The maximum atomic E-state index is 14.1. The van der Waals surface area contributed by atoms with E-state index in [0.29, 0.717) is 23.2 Å². The zero-order valence-electron chi connectivity index (χ0n) is 21.2. The van der Waals surface area contributed by atoms with E-state index >= 15 is 0 Å². The summed E-state index contributed by atoms with van der Waals surface area (Å²) in [6, 6.07) is 19.5. The van der Waals surface area contributed by atoms with Crippen molar-refractivity contribution in [3.05, 3.63) is 82.9 Å². The van der Waals surface area contributed by atoms with Gasteiger partial charge in [0.2, 0.25) is 5.91 Å². The summed E-state index contributed by atoms with van der Waals surface area (Å²) in [7, 11) is 0. The summed E-state index contributed by atoms with van der Waals surface area (Å²) < 4.78 is 12.7. The molecule has 2 aliphatic rings. The van der Waals surface area contributed by atoms with Crippen LogP contribution in [-0.4, -0.2) is 23.4 Å². The average Bonchev–Trinajstić information content (AvgIpc) is 2.81. The zero-order chi connectivity index (χ0) is 25.6. The molecule has 1 amide bonds. The van der Waals surface area contributed by atoms with Gasteiger partial charge in [0.05, 0.1) is 12.6 Å². The van der Waals surface area contributed by atoms with E-state index < -0.39 is 17.7 Å². The van der Waals surface area contributed by atoms with Crippen molar-refractivity contribution in [3.8, 4) is 11.5 Å². The second-order valence-electron chi connectivity index (χ2n) is 9.65. The van der Waals surface area contributed by atoms with E-state index in [9.17, 15) is 4.79 Å². The summed E-state index contributed by atoms with van der Waals surface area (Å²) in [5, 5.41) is 7.15. The number of fused-ring (bicyclic) bond motifs is 4. The summed E-state index contributed by atoms with van der Waals surface area (Å²) in [4.78, 5) is 16.0. The Hall–Kier alpha value is -3.58. The number of ether oxygens (including phenoxy) is 2. The largest absolute Gasteiger partial charge is 0.490 e. The van der Waals surface area contributed by atoms with Crippen molar-refractivity contribution in [2.24, 2.45) is 5.92 Å². The maximum absolute atomic E-state index is 14.1. The van der Waals surface area contributed by atoms with Gasteiger partial charge in [0.25, 0.3) is 0 Å². The number of benzene rings is 3. The van der Waals surface area contributed by atoms with E-state index in [-0.39, 0.29) is 5.91 Å². The van der Waals surface area contributed by atoms with Crippen LogP contribution in [0.4, 0.5) is 11.4 Å². The van der Waals surface area contributed by atoms with E-state index in [0.717, 1.165) is 33.6 Å². The number of anilines is 2. The molecule has 2 heterocycles. The standard InChI is InChI=1S/C29H31N3O3S/c1-6-34-23-12-8-11-21-25-24(27(33)30-22-14-13-18(3)15-19(22)4)29(5,35-26(21)23)32(28(36)31-25)20-10-7-9-17(2)16-20/h7-16,24-25H,6H2,1-5H3,(H,30,33)(H,31,36)/t24-,25+,29+/m1/s1. The molecule has 0 aliphatic carbocycles. The normalized spacial score (nSPS) is 22.2. The van der Waals surface area contributed by atoms with E-state index in [1.807, 2.05) is 94.1 Å². The number of hydrogen-bond donors (Lipinski definition) is 2. The van der Waals surface area contributed by atoms with Crippen LogP contribution in [0.5, 0.6) is 11.5 Å². The second-order valence-corrected chi connectivity index (χ2v) is 10.0. The molecule has 2 aliphatic heterocycles. The number of carbonyl (C=O) groups excluding carboxylic acids is 1. The highest BCUT2D eigenvalue weighted by Crippen LogP contribution is 2.52. The van der Waals surface area contributed by atoms with Crippen LogP contribution in [0.1, 0.15) is 42.1 Å². The molecule has 3 atom stereocenters. The van der Waals surface area contributed by atoms with E-state index in [2.05, 4.69) is 16.7 Å². The van der Waals surface area contributed by atoms with Crippen molar-refractivity contribution in [3.63, 3.8) is 0 Å². The highest BCUT2D eigenvalue weighted by atomic mass is 32.1. The summed E-state index contributed by atoms with van der Waals surface area (Å²) in [5.74, 6) is 0.526. The molecule has 0 aromatic heterocycles. The van der Waals surface area contributed by atoms with Crippen LogP contribution < -0.4 is 25.0 Å². The van der Waals surface area contributed by atoms with Crippen LogP contribution in [0.2, 0.25) is 0 Å². The second kappa shape index (κ2) is 9.13. The van der Waals surface area contributed by atoms with Crippen LogP contribution >= 0.6 is 12.2 Å². The number of hydrogen-bond acceptors (Lipinski definition) is 4. The molecule has 186 valence electrons. The highest BCUT2D eigenvalue weighted by molar-refractivity contribution is 7.80. The Kier molecular flexibility index (Phi) is 6.12. The van der Waals surface area contributed by atoms with E-state index in [1.54, 1.807) is 0 Å². The number of nitrogens with zero attached hydrogens (tertiary/aromatic N) is 1. The first kappa shape index (κ1) is 24.1. The fourth-order valence-corrected chi connectivity index (χ4v) is 5.77. The van der Waals surface area contributed by atoms with Crippen LogP contribution in [-0.2, 0) is 4.79 Å². The molecular formula is C29H31N3O3S. The number of carbonyl (C=O) groups is 1. The van der Waals surface area contributed by atoms with Crippen molar-refractivity contribution in [2.45, 2.75) is 46.4 Å². The van der Waals surface area contributed by atoms with E-state index in [4.69, 9.17) is 21.7 Å². The third-order valence-electron chi connectivity index (χ3n) is 6.97. The first-order valence-electron chi connectivity index (χ1n) is 12.2. The van der Waals surface area contributed by atoms with Crippen molar-refractivity contribution >= 4 is 34.6 Å². The molecule has 2 N–H and O–H groups in total. The van der Waals surface area contributed by atoms with Gasteiger partial charge in [-0.25, -0.2) is 0 Å². The van der Waals surface area contributed by atoms with Crippen LogP contribution in [0.25, 0.3) is 0 Å². The van der Waals surface area contributed by atoms with Crippen molar-refractivity contribution in [1.29, 1.82) is 0 Å². The lowest BCUT2D eigenvalue weighted by molar-refractivity contribution is -0.130. The predicted molar refractivity (Wildman–Crippen MR) is 147 cm³/mol. The Morgan fingerprint density at radius 1 is 1.11 bits per heavy atom. The molecule has 5 rings (SSSR count). The Labute approximate surface area is 217 Å². The lowest BCUT2D eigenvalue weighted by Crippen LogP contribution is -2.72. The average molecular weight is 502 g/mol. The third-order valence-corrected chi connectivity index (χ3v) is 7.27. The van der Waals surface area contributed by atoms with Gasteiger partial charge in [-0.2, -0.15) is 0 Å². The van der Waals surface area contributed by atoms with Gasteiger partial charge in [-0.3, -0.25) is 9.69 Å². The molecule has 2 bridgehead atoms. The quantitative estimate of drug-likeness (QED) is 0.430. The number of nitrogens with one attached hydrogen (secondary N) is 2. The minimum atomic E-state index is -1.11. The number of rotatable bonds is 5. The summed E-state index contributed by atoms with van der Waals surface area (Å²) in [6.07, 6.45) is 0. The lowest BCUT2D eigenvalue weighted by Gasteiger charge is -2.56. The van der Waals surface area contributed by atoms with Gasteiger partial charge in [-0.1, -0.05) is 42.0 Å². The summed E-state index contributed by atoms with van der Waals surface area (Å²) >= 11 is 5.87. The Morgan fingerprint density at radius 2 is 1.86 bits per heavy atom. The number of amides is 1. The minimum Gasteiger partial charge on any atom is -0.490 e. The van der Waals surface area contributed by atoms with Crippen molar-refractivity contribution in [2.75, 3.05) is 16.8 Å². The van der Waals surface area contributed by atoms with Crippen molar-refractivity contribution < 1.29 is 14.3 Å². The first-order chi connectivity index (χ1) is 17.2. The molecule has 36 heavy (non-hydrogen) atoms. The van der Waals surface area contributed by atoms with Gasteiger partial charge in [0.15, 0.2) is 22.3 Å². The first-order valence-corrected chi connectivity index (χ1v) is 12.6. The molecule has 1 saturated heterocycles. The molecule has 0 unspecified atom stereocenters. The molecule has 0 spiro atoms. The predicted octanol–water partition coefficient (Wildman–Crippen LogP) is 5.81. The van der Waals surface area contributed by atoms with Crippen LogP contribution in [0.15, 0.2) is 60.7 Å². The van der Waals surface area contributed by atoms with Gasteiger partial charge < -0.3 is 20.1 Å². The Bertz CT molecular complexity index is 1360. The summed E-state index contributed by atoms with van der Waals surface area (Å²) in [6.45, 7) is 10.5. The summed E-state index contributed by atoms with van der Waals surface area (Å²) in [5.41, 5.74) is 4.62. The molecule has 3 aromatic rings. The van der Waals surface area contributed by atoms with E-state index in [1.165, 1.54) is 0 Å². The zero-order valence-corrected chi connectivity index (χ0v) is 22.0. The molecule has 6 nitrogen and oxygen atoms in total. The molecule has 3 aromatic carbocycles. The monoisotopic (exact) mass is 501 g/mol. The van der Waals surface area contributed by atoms with Crippen LogP contribution in [0, 0.1) is 26.7 Å². The van der Waals surface area contributed by atoms with Crippen molar-refractivity contribution in [1.82, 2.24) is 5.32 Å². The van der Waals surface area contributed by atoms with Gasteiger partial charge in [-0.05, 0) is 82.2 Å². The smallest absolute Gasteiger partial charge is 0.236 e. The lowest BCUT2D eigenvalue weighted by atomic mass is 9.78. The molecule has 7 heteroatoms. The molecule has 0 radical (unpaired) electrons. The minimum absolute atomic E-state index is 0.144. The third kappa shape index (κ3) is 3.97. The fourth-order valence-electron chi connectivity index (χ4n) is 5.36. The SMILES string of the molecule is CCOc1cccc2c1O[C@@]1(C)[C@@H](C(=O)Nc3ccc(C)cc3C)[C@H]2NC(=S)N1c1cccc(C)c1. The van der Waals surface area contributed by atoms with Gasteiger partial charge in [-0.15, -0.1) is 0 Å². The molecule has 0 saturated carbocycles. The molecule has 1 fully saturated rings. The number of aryl methyl sites for hydroxylation is 3. The topological polar surface area (TPSA) is 62.8 Å². The van der Waals surface area contributed by atoms with Crippen LogP contribution in [0.3, 0.4) is 0 Å². The van der Waals surface area contributed by atoms with Gasteiger partial charge in [0.1, 0.15) is 5.92 Å². The number of thiocarbonyl (C=S) groups is 1.